The van der Waals surface area contributed by atoms with E-state index in [9.17, 15) is 0 Å². The van der Waals surface area contributed by atoms with Crippen molar-refractivity contribution >= 4 is 22.2 Å². The van der Waals surface area contributed by atoms with Gasteiger partial charge in [-0.1, -0.05) is 121 Å². The molecular formula is C103H88N16OS. The van der Waals surface area contributed by atoms with Crippen molar-refractivity contribution in [2.75, 3.05) is 0 Å². The Morgan fingerprint density at radius 1 is 0.248 bits per heavy atom. The average molecular weight is 1600 g/mol. The van der Waals surface area contributed by atoms with Crippen molar-refractivity contribution in [3.05, 3.63) is 454 Å². The third-order valence-electron chi connectivity index (χ3n) is 18.3. The summed E-state index contributed by atoms with van der Waals surface area (Å²) in [4.78, 5) is 68.2. The molecule has 0 aliphatic carbocycles. The number of aromatic amines is 1. The maximum Gasteiger partial charge on any atom is 0.152 e. The van der Waals surface area contributed by atoms with Crippen LogP contribution < -0.4 is 0 Å². The van der Waals surface area contributed by atoms with Gasteiger partial charge in [0, 0.05) is 161 Å². The molecule has 18 aromatic heterocycles. The van der Waals surface area contributed by atoms with Gasteiger partial charge < -0.3 is 9.40 Å². The molecule has 0 unspecified atom stereocenters. The number of benzene rings is 2. The third-order valence-corrected chi connectivity index (χ3v) is 19.2. The fourth-order valence-electron chi connectivity index (χ4n) is 11.5. The summed E-state index contributed by atoms with van der Waals surface area (Å²) in [6.07, 6.45) is 32.2. The van der Waals surface area contributed by atoms with E-state index in [2.05, 4.69) is 167 Å². The summed E-state index contributed by atoms with van der Waals surface area (Å²) >= 11 is 1.71. The monoisotopic (exact) mass is 1600 g/mol. The lowest BCUT2D eigenvalue weighted by molar-refractivity contribution is 0.580. The number of H-pyrrole nitrogens is 1. The fourth-order valence-corrected chi connectivity index (χ4v) is 12.2. The molecule has 0 spiro atoms. The first-order valence-corrected chi connectivity index (χ1v) is 39.9. The van der Waals surface area contributed by atoms with Gasteiger partial charge >= 0.3 is 0 Å². The highest BCUT2D eigenvalue weighted by Crippen LogP contribution is 2.27. The normalized spacial score (nSPS) is 10.1. The Hall–Kier alpha value is -15.8. The van der Waals surface area contributed by atoms with E-state index < -0.39 is 0 Å². The first kappa shape index (κ1) is 84.6. The zero-order valence-corrected chi connectivity index (χ0v) is 68.7. The second-order valence-corrected chi connectivity index (χ2v) is 27.8. The number of furan rings is 1. The zero-order chi connectivity index (χ0) is 83.7. The average Bonchev–Trinajstić information content (AvgIpc) is 1.16. The largest absolute Gasteiger partial charge is 0.463 e. The Balaban J connectivity index is 0.000000125. The first-order chi connectivity index (χ1) is 59.5. The summed E-state index contributed by atoms with van der Waals surface area (Å²) in [5.74, 6) is 0.811. The molecule has 0 amide bonds. The van der Waals surface area contributed by atoms with E-state index >= 15 is 0 Å². The minimum absolute atomic E-state index is 0.811. The molecule has 121 heavy (non-hydrogen) atoms. The number of nitrogens with zero attached hydrogens (tertiary/aromatic N) is 15. The Morgan fingerprint density at radius 2 is 0.694 bits per heavy atom. The Labute approximate surface area is 709 Å². The molecule has 1 N–H and O–H groups in total. The van der Waals surface area contributed by atoms with E-state index in [0.717, 1.165) is 124 Å². The number of pyridine rings is 15. The summed E-state index contributed by atoms with van der Waals surface area (Å²) in [5, 5.41) is 3.28. The Bertz CT molecular complexity index is 5770. The van der Waals surface area contributed by atoms with Crippen LogP contribution in [0.5, 0.6) is 0 Å². The van der Waals surface area contributed by atoms with Gasteiger partial charge in [-0.2, -0.15) is 0 Å². The maximum atomic E-state index is 5.16. The van der Waals surface area contributed by atoms with E-state index in [0.29, 0.717) is 0 Å². The molecule has 592 valence electrons. The quantitative estimate of drug-likeness (QED) is 0.134. The van der Waals surface area contributed by atoms with Crippen molar-refractivity contribution < 1.29 is 4.42 Å². The van der Waals surface area contributed by atoms with Crippen molar-refractivity contribution in [3.63, 3.8) is 0 Å². The van der Waals surface area contributed by atoms with Gasteiger partial charge in [0.1, 0.15) is 5.69 Å². The number of rotatable bonds is 10. The van der Waals surface area contributed by atoms with Crippen LogP contribution in [0.2, 0.25) is 0 Å². The predicted molar refractivity (Wildman–Crippen MR) is 490 cm³/mol. The molecule has 0 saturated carbocycles. The molecule has 0 atom stereocenters. The number of aromatic nitrogens is 16. The van der Waals surface area contributed by atoms with Crippen LogP contribution in [-0.4, -0.2) is 79.7 Å². The van der Waals surface area contributed by atoms with E-state index in [1.807, 2.05) is 300 Å². The van der Waals surface area contributed by atoms with Crippen LogP contribution in [0.3, 0.4) is 0 Å². The Morgan fingerprint density at radius 3 is 1.17 bits per heavy atom. The van der Waals surface area contributed by atoms with Gasteiger partial charge in [0.25, 0.3) is 0 Å². The second kappa shape index (κ2) is 46.1. The summed E-state index contributed by atoms with van der Waals surface area (Å²) in [6.45, 7) is 12.3. The lowest BCUT2D eigenvalue weighted by Crippen LogP contribution is -1.90. The fraction of sp³-hybridized carbons (Fsp3) is 0.0583. The van der Waals surface area contributed by atoms with Gasteiger partial charge in [0.15, 0.2) is 5.76 Å². The van der Waals surface area contributed by atoms with Gasteiger partial charge in [-0.15, -0.1) is 11.3 Å². The van der Waals surface area contributed by atoms with Crippen LogP contribution in [0.25, 0.3) is 123 Å². The topological polar surface area (TPSA) is 222 Å². The highest BCUT2D eigenvalue weighted by Gasteiger charge is 2.08. The van der Waals surface area contributed by atoms with E-state index in [4.69, 9.17) is 4.42 Å². The summed E-state index contributed by atoms with van der Waals surface area (Å²) in [6, 6.07) is 99.4. The van der Waals surface area contributed by atoms with Gasteiger partial charge in [-0.05, 0) is 251 Å². The SMILES string of the molecule is Cc1ccc(-c2cccnc2)nc1C.Cc1ccc(-c2ccncc2)nc1C.Cc1cnc(-c2ccccn2)cc1C.c1ccc(-c2cc3ccccc3[nH]2)nc1.c1ccc(-c2ccccn2)cc1.c1ccc(-c2ccco2)nc1.c1ccc(-c2cccs2)nc1.c1ccc(-c2ccnc(-c3ccccn3)c2)nc1.c1cncc(-c2cccnc2)c1. The molecule has 2 aromatic carbocycles. The molecule has 20 aromatic rings. The molecule has 0 bridgehead atoms. The molecule has 0 fully saturated rings. The second-order valence-electron chi connectivity index (χ2n) is 26.8. The molecule has 0 aliphatic rings. The summed E-state index contributed by atoms with van der Waals surface area (Å²) in [7, 11) is 0. The lowest BCUT2D eigenvalue weighted by Gasteiger charge is -2.03. The molecule has 0 radical (unpaired) electrons. The molecule has 20 rings (SSSR count). The van der Waals surface area contributed by atoms with Crippen molar-refractivity contribution in [2.45, 2.75) is 41.5 Å². The summed E-state index contributed by atoms with van der Waals surface area (Å²) in [5.41, 5.74) is 26.4. The number of nitrogens with one attached hydrogen (secondary N) is 1. The molecular weight excluding hydrogens is 1510 g/mol. The van der Waals surface area contributed by atoms with Crippen molar-refractivity contribution in [1.82, 2.24) is 79.7 Å². The van der Waals surface area contributed by atoms with E-state index in [-0.39, 0.29) is 0 Å². The van der Waals surface area contributed by atoms with Crippen molar-refractivity contribution in [2.24, 2.45) is 0 Å². The highest BCUT2D eigenvalue weighted by molar-refractivity contribution is 7.13. The molecule has 18 heterocycles. The van der Waals surface area contributed by atoms with Crippen LogP contribution >= 0.6 is 11.3 Å². The number of fused-ring (bicyclic) bond motifs is 1. The van der Waals surface area contributed by atoms with E-state index in [1.165, 1.54) is 32.5 Å². The molecule has 0 aliphatic heterocycles. The van der Waals surface area contributed by atoms with Gasteiger partial charge in [0.2, 0.25) is 0 Å². The lowest BCUT2D eigenvalue weighted by atomic mass is 10.1. The summed E-state index contributed by atoms with van der Waals surface area (Å²) < 4.78 is 5.16. The number of aryl methyl sites for hydroxylation is 6. The number of thiophene rings is 1. The first-order valence-electron chi connectivity index (χ1n) is 39.0. The molecule has 17 nitrogen and oxygen atoms in total. The van der Waals surface area contributed by atoms with Crippen molar-refractivity contribution in [1.29, 1.82) is 0 Å². The molecule has 18 heteroatoms. The van der Waals surface area contributed by atoms with Gasteiger partial charge in [-0.3, -0.25) is 74.8 Å². The highest BCUT2D eigenvalue weighted by atomic mass is 32.1. The van der Waals surface area contributed by atoms with Crippen LogP contribution in [-0.2, 0) is 0 Å². The van der Waals surface area contributed by atoms with Crippen LogP contribution in [0.15, 0.2) is 425 Å². The predicted octanol–water partition coefficient (Wildman–Crippen LogP) is 24.8. The smallest absolute Gasteiger partial charge is 0.152 e. The van der Waals surface area contributed by atoms with Crippen LogP contribution in [0.4, 0.5) is 0 Å². The van der Waals surface area contributed by atoms with Gasteiger partial charge in [-0.25, -0.2) is 0 Å². The third kappa shape index (κ3) is 26.6. The number of hydrogen-bond donors (Lipinski definition) is 1. The van der Waals surface area contributed by atoms with Crippen LogP contribution in [0.1, 0.15) is 33.6 Å². The van der Waals surface area contributed by atoms with Crippen molar-refractivity contribution in [3.8, 4) is 112 Å². The van der Waals surface area contributed by atoms with E-state index in [1.54, 1.807) is 85.8 Å². The standard InChI is InChI=1S/C15H11N3.C13H10N2.3C12H12N2.C11H9N.C10H8N2.C9H7NO.C9H7NS/c1-3-8-16-13(5-1)12-7-10-18-15(11-12)14-6-2-4-9-17-14;1-2-6-11-10(5-1)9-13(15-11)12-7-3-4-8-14-12;1-9-3-4-12(14-10(9)2)11-5-7-13-8-6-11;1-9-5-6-12(14-10(9)2)11-4-3-7-13-8-11;1-9-7-12(14-8-10(9)2)11-5-3-4-6-13-11;1-2-6-10(7-3-1)11-8-4-5-9-12-11;1-3-9(7-11-5-1)10-4-2-6-12-8-10;2*1-2-6-10-8(4-1)9-5-3-7-11-9/h1-11H;1-9,15H;3*3-8H,1-2H3;1-9H;1-8H;2*1-7H. The number of hydrogen-bond acceptors (Lipinski definition) is 17. The Kier molecular flexibility index (Phi) is 32.2. The van der Waals surface area contributed by atoms with Crippen LogP contribution in [0, 0.1) is 41.5 Å². The minimum Gasteiger partial charge on any atom is -0.463 e. The number of para-hydroxylation sites is 1. The maximum absolute atomic E-state index is 5.16. The van der Waals surface area contributed by atoms with Gasteiger partial charge in [0.05, 0.1) is 73.8 Å². The molecule has 0 saturated heterocycles. The minimum atomic E-state index is 0.811. The zero-order valence-electron chi connectivity index (χ0n) is 67.9.